The van der Waals surface area contributed by atoms with Crippen molar-refractivity contribution in [3.63, 3.8) is 0 Å². The number of hydrogen-bond donors (Lipinski definition) is 1. The van der Waals surface area contributed by atoms with Crippen molar-refractivity contribution < 1.29 is 18.3 Å². The Morgan fingerprint density at radius 2 is 1.89 bits per heavy atom. The summed E-state index contributed by atoms with van der Waals surface area (Å²) in [5.74, 6) is -1.02. The van der Waals surface area contributed by atoms with Crippen molar-refractivity contribution in [1.82, 2.24) is 9.97 Å². The van der Waals surface area contributed by atoms with E-state index in [1.54, 1.807) is 35.7 Å². The first-order chi connectivity index (χ1) is 16.9. The summed E-state index contributed by atoms with van der Waals surface area (Å²) in [7, 11) is 1.53. The number of carbonyl (C=O) groups is 1. The minimum absolute atomic E-state index is 0.183. The first-order valence-corrected chi connectivity index (χ1v) is 12.0. The average molecular weight is 509 g/mol. The van der Waals surface area contributed by atoms with E-state index in [4.69, 9.17) is 16.3 Å². The van der Waals surface area contributed by atoms with Crippen LogP contribution in [0.1, 0.15) is 32.2 Å². The molecule has 176 valence electrons. The molecule has 8 heteroatoms. The van der Waals surface area contributed by atoms with Gasteiger partial charge < -0.3 is 9.72 Å². The van der Waals surface area contributed by atoms with E-state index in [0.29, 0.717) is 34.0 Å². The second kappa shape index (κ2) is 9.24. The number of ketones is 1. The van der Waals surface area contributed by atoms with Gasteiger partial charge in [0.25, 0.3) is 0 Å². The molecule has 0 saturated heterocycles. The maximum absolute atomic E-state index is 14.3. The van der Waals surface area contributed by atoms with Gasteiger partial charge in [-0.25, -0.2) is 13.8 Å². The Labute approximate surface area is 209 Å². The third-order valence-corrected chi connectivity index (χ3v) is 6.98. The van der Waals surface area contributed by atoms with Crippen LogP contribution in [0.15, 0.2) is 60.0 Å². The fraction of sp³-hybridized carbons (Fsp3) is 0.111. The number of methoxy groups -OCH3 is 1. The Balaban J connectivity index is 1.60. The van der Waals surface area contributed by atoms with Gasteiger partial charge in [-0.1, -0.05) is 11.6 Å². The molecule has 4 nitrogen and oxygen atoms in total. The van der Waals surface area contributed by atoms with Crippen LogP contribution in [0.4, 0.5) is 8.78 Å². The third-order valence-electron chi connectivity index (χ3n) is 5.88. The molecule has 0 radical (unpaired) electrons. The van der Waals surface area contributed by atoms with Gasteiger partial charge >= 0.3 is 0 Å². The fourth-order valence-electron chi connectivity index (χ4n) is 4.19. The monoisotopic (exact) mass is 508 g/mol. The Morgan fingerprint density at radius 1 is 1.11 bits per heavy atom. The highest BCUT2D eigenvalue weighted by atomic mass is 35.5. The summed E-state index contributed by atoms with van der Waals surface area (Å²) in [6.07, 6.45) is 0.424. The number of halogens is 3. The van der Waals surface area contributed by atoms with Crippen LogP contribution in [-0.4, -0.2) is 22.9 Å². The van der Waals surface area contributed by atoms with Crippen molar-refractivity contribution in [2.45, 2.75) is 13.3 Å². The molecule has 5 aromatic rings. The lowest BCUT2D eigenvalue weighted by Crippen LogP contribution is -2.06. The zero-order valence-corrected chi connectivity index (χ0v) is 20.4. The number of aryl methyl sites for hydroxylation is 1. The normalized spacial score (nSPS) is 11.2. The van der Waals surface area contributed by atoms with Gasteiger partial charge in [0.15, 0.2) is 5.78 Å². The SMILES string of the molecule is COc1ccc2[nH]c(C)c(Cc3nc(-c4ccc(F)cc4F)cs3)c2c1C(=O)c1ccc(Cl)cc1. The highest BCUT2D eigenvalue weighted by Crippen LogP contribution is 2.36. The highest BCUT2D eigenvalue weighted by molar-refractivity contribution is 7.10. The molecule has 0 saturated carbocycles. The largest absolute Gasteiger partial charge is 0.496 e. The quantitative estimate of drug-likeness (QED) is 0.244. The van der Waals surface area contributed by atoms with Crippen molar-refractivity contribution in [2.24, 2.45) is 0 Å². The fourth-order valence-corrected chi connectivity index (χ4v) is 5.12. The molecular weight excluding hydrogens is 490 g/mol. The summed E-state index contributed by atoms with van der Waals surface area (Å²) < 4.78 is 33.2. The van der Waals surface area contributed by atoms with Crippen LogP contribution in [-0.2, 0) is 6.42 Å². The van der Waals surface area contributed by atoms with Crippen molar-refractivity contribution in [1.29, 1.82) is 0 Å². The zero-order valence-electron chi connectivity index (χ0n) is 18.8. The van der Waals surface area contributed by atoms with Crippen LogP contribution in [0, 0.1) is 18.6 Å². The summed E-state index contributed by atoms with van der Waals surface area (Å²) in [4.78, 5) is 21.5. The average Bonchev–Trinajstić information content (AvgIpc) is 3.43. The number of ether oxygens (including phenoxy) is 1. The van der Waals surface area contributed by atoms with Gasteiger partial charge in [-0.15, -0.1) is 11.3 Å². The molecule has 0 amide bonds. The maximum atomic E-state index is 14.3. The summed E-state index contributed by atoms with van der Waals surface area (Å²) in [6, 6.07) is 13.8. The lowest BCUT2D eigenvalue weighted by molar-refractivity contribution is 0.103. The molecule has 0 aliphatic heterocycles. The number of rotatable bonds is 6. The first kappa shape index (κ1) is 23.2. The van der Waals surface area contributed by atoms with Crippen LogP contribution >= 0.6 is 22.9 Å². The number of carbonyl (C=O) groups excluding carboxylic acids is 1. The van der Waals surface area contributed by atoms with E-state index >= 15 is 0 Å². The van der Waals surface area contributed by atoms with Crippen molar-refractivity contribution >= 4 is 39.6 Å². The van der Waals surface area contributed by atoms with Gasteiger partial charge in [0.05, 0.1) is 23.4 Å². The van der Waals surface area contributed by atoms with Crippen molar-refractivity contribution in [3.8, 4) is 17.0 Å². The van der Waals surface area contributed by atoms with Crippen LogP contribution in [0.3, 0.4) is 0 Å². The molecule has 3 aromatic carbocycles. The molecule has 2 heterocycles. The van der Waals surface area contributed by atoms with Crippen LogP contribution in [0.2, 0.25) is 5.02 Å². The number of hydrogen-bond acceptors (Lipinski definition) is 4. The van der Waals surface area contributed by atoms with E-state index in [1.807, 2.05) is 13.0 Å². The molecule has 2 aromatic heterocycles. The van der Waals surface area contributed by atoms with E-state index in [1.165, 1.54) is 30.6 Å². The number of aromatic amines is 1. The van der Waals surface area contributed by atoms with Crippen molar-refractivity contribution in [2.75, 3.05) is 7.11 Å². The van der Waals surface area contributed by atoms with Gasteiger partial charge in [0.1, 0.15) is 17.4 Å². The highest BCUT2D eigenvalue weighted by Gasteiger charge is 2.23. The van der Waals surface area contributed by atoms with Gasteiger partial charge in [0.2, 0.25) is 0 Å². The molecule has 0 fully saturated rings. The topological polar surface area (TPSA) is 55.0 Å². The standard InChI is InChI=1S/C27H19ClF2N2O2S/c1-14-19(12-24-32-22(13-35-24)18-8-7-17(29)11-20(18)30)25-21(31-14)9-10-23(34-2)26(25)27(33)15-3-5-16(28)6-4-15/h3-11,13,31H,12H2,1-2H3. The minimum Gasteiger partial charge on any atom is -0.496 e. The molecule has 0 aliphatic carbocycles. The lowest BCUT2D eigenvalue weighted by atomic mass is 9.95. The number of thiazole rings is 1. The zero-order chi connectivity index (χ0) is 24.7. The van der Waals surface area contributed by atoms with Crippen LogP contribution in [0.5, 0.6) is 5.75 Å². The van der Waals surface area contributed by atoms with Crippen LogP contribution < -0.4 is 4.74 Å². The predicted octanol–water partition coefficient (Wildman–Crippen LogP) is 7.36. The number of aromatic nitrogens is 2. The number of nitrogens with one attached hydrogen (secondary N) is 1. The smallest absolute Gasteiger partial charge is 0.197 e. The summed E-state index contributed by atoms with van der Waals surface area (Å²) >= 11 is 7.39. The van der Waals surface area contributed by atoms with Crippen molar-refractivity contribution in [3.05, 3.63) is 104 Å². The predicted molar refractivity (Wildman–Crippen MR) is 135 cm³/mol. The number of fused-ring (bicyclic) bond motifs is 1. The molecule has 1 N–H and O–H groups in total. The maximum Gasteiger partial charge on any atom is 0.197 e. The van der Waals surface area contributed by atoms with Gasteiger partial charge in [-0.2, -0.15) is 0 Å². The number of nitrogens with zero attached hydrogens (tertiary/aromatic N) is 1. The van der Waals surface area contributed by atoms with Gasteiger partial charge in [-0.05, 0) is 61.0 Å². The second-order valence-corrected chi connectivity index (χ2v) is 9.44. The summed E-state index contributed by atoms with van der Waals surface area (Å²) in [5, 5.41) is 3.78. The Bertz CT molecular complexity index is 1570. The molecule has 35 heavy (non-hydrogen) atoms. The van der Waals surface area contributed by atoms with E-state index in [0.717, 1.165) is 33.2 Å². The second-order valence-electron chi connectivity index (χ2n) is 8.06. The van der Waals surface area contributed by atoms with Gasteiger partial charge in [-0.3, -0.25) is 4.79 Å². The van der Waals surface area contributed by atoms with E-state index in [2.05, 4.69) is 9.97 Å². The summed E-state index contributed by atoms with van der Waals surface area (Å²) in [6.45, 7) is 1.94. The molecule has 0 bridgehead atoms. The van der Waals surface area contributed by atoms with Gasteiger partial charge in [0, 0.05) is 50.6 Å². The number of H-pyrrole nitrogens is 1. The molecule has 0 aliphatic rings. The molecular formula is C27H19ClF2N2O2S. The third kappa shape index (κ3) is 4.33. The molecule has 0 spiro atoms. The van der Waals surface area contributed by atoms with E-state index < -0.39 is 11.6 Å². The minimum atomic E-state index is -0.661. The van der Waals surface area contributed by atoms with E-state index in [9.17, 15) is 13.6 Å². The molecule has 5 rings (SSSR count). The Morgan fingerprint density at radius 3 is 2.60 bits per heavy atom. The Kier molecular flexibility index (Phi) is 6.13. The lowest BCUT2D eigenvalue weighted by Gasteiger charge is -2.11. The summed E-state index contributed by atoms with van der Waals surface area (Å²) in [5.41, 5.74) is 4.22. The molecule has 0 unspecified atom stereocenters. The number of benzene rings is 3. The molecule has 0 atom stereocenters. The first-order valence-electron chi connectivity index (χ1n) is 10.7. The Hall–Kier alpha value is -3.55. The van der Waals surface area contributed by atoms with E-state index in [-0.39, 0.29) is 11.3 Å². The van der Waals surface area contributed by atoms with Crippen LogP contribution in [0.25, 0.3) is 22.2 Å².